The summed E-state index contributed by atoms with van der Waals surface area (Å²) < 4.78 is 1.06. The molecule has 0 saturated carbocycles. The van der Waals surface area contributed by atoms with E-state index in [1.54, 1.807) is 0 Å². The van der Waals surface area contributed by atoms with Gasteiger partial charge in [0.1, 0.15) is 0 Å². The molecule has 3 aromatic rings. The van der Waals surface area contributed by atoms with Crippen molar-refractivity contribution in [3.05, 3.63) is 54.6 Å². The number of aromatic nitrogens is 1. The fourth-order valence-electron chi connectivity index (χ4n) is 2.22. The molecule has 2 N–H and O–H groups in total. The Kier molecular flexibility index (Phi) is 4.73. The van der Waals surface area contributed by atoms with Gasteiger partial charge in [0.05, 0.1) is 10.2 Å². The second-order valence-electron chi connectivity index (χ2n) is 5.12. The average Bonchev–Trinajstić information content (AvgIpc) is 2.97. The first-order valence-corrected chi connectivity index (χ1v) is 8.20. The van der Waals surface area contributed by atoms with Crippen LogP contribution in [0, 0.1) is 0 Å². The first kappa shape index (κ1) is 15.3. The number of hydrogen-bond acceptors (Lipinski definition) is 4. The van der Waals surface area contributed by atoms with Gasteiger partial charge in [0.15, 0.2) is 5.13 Å². The number of likely N-dealkylation sites (N-methyl/N-ethyl adjacent to an activating group) is 1. The Morgan fingerprint density at radius 1 is 1.13 bits per heavy atom. The van der Waals surface area contributed by atoms with Gasteiger partial charge in [-0.1, -0.05) is 41.7 Å². The fourth-order valence-corrected chi connectivity index (χ4v) is 3.08. The van der Waals surface area contributed by atoms with Crippen molar-refractivity contribution in [3.63, 3.8) is 0 Å². The highest BCUT2D eigenvalue weighted by molar-refractivity contribution is 7.22. The summed E-state index contributed by atoms with van der Waals surface area (Å²) in [7, 11) is 2.00. The van der Waals surface area contributed by atoms with Gasteiger partial charge in [-0.05, 0) is 24.3 Å². The lowest BCUT2D eigenvalue weighted by molar-refractivity contribution is 0.252. The molecular weight excluding hydrogens is 308 g/mol. The number of carbonyl (C=O) groups is 1. The third-order valence-electron chi connectivity index (χ3n) is 3.44. The predicted octanol–water partition coefficient (Wildman–Crippen LogP) is 3.55. The Labute approximate surface area is 139 Å². The Morgan fingerprint density at radius 3 is 2.65 bits per heavy atom. The zero-order chi connectivity index (χ0) is 16.1. The van der Waals surface area contributed by atoms with Crippen molar-refractivity contribution in [2.75, 3.05) is 30.4 Å². The molecule has 6 heteroatoms. The molecule has 5 nitrogen and oxygen atoms in total. The Balaban J connectivity index is 1.48. The zero-order valence-electron chi connectivity index (χ0n) is 12.8. The second-order valence-corrected chi connectivity index (χ2v) is 6.16. The molecule has 0 radical (unpaired) electrons. The number of hydrogen-bond donors (Lipinski definition) is 2. The van der Waals surface area contributed by atoms with E-state index in [2.05, 4.69) is 20.5 Å². The van der Waals surface area contributed by atoms with Crippen LogP contribution in [0.25, 0.3) is 10.2 Å². The van der Waals surface area contributed by atoms with E-state index in [1.165, 1.54) is 11.3 Å². The van der Waals surface area contributed by atoms with E-state index < -0.39 is 0 Å². The van der Waals surface area contributed by atoms with E-state index in [1.807, 2.05) is 61.6 Å². The summed E-state index contributed by atoms with van der Waals surface area (Å²) in [6.45, 7) is 1.29. The molecule has 0 saturated heterocycles. The highest BCUT2D eigenvalue weighted by Crippen LogP contribution is 2.25. The van der Waals surface area contributed by atoms with Crippen LogP contribution in [0.15, 0.2) is 54.6 Å². The zero-order valence-corrected chi connectivity index (χ0v) is 13.6. The molecule has 0 bridgehead atoms. The van der Waals surface area contributed by atoms with Gasteiger partial charge in [-0.25, -0.2) is 9.78 Å². The number of urea groups is 1. The highest BCUT2D eigenvalue weighted by Gasteiger charge is 2.07. The highest BCUT2D eigenvalue weighted by atomic mass is 32.1. The summed E-state index contributed by atoms with van der Waals surface area (Å²) in [5.74, 6) is 0. The van der Waals surface area contributed by atoms with E-state index >= 15 is 0 Å². The molecule has 118 valence electrons. The Morgan fingerprint density at radius 2 is 1.87 bits per heavy atom. The molecular formula is C17H18N4OS. The summed E-state index contributed by atoms with van der Waals surface area (Å²) in [6, 6.07) is 17.7. The van der Waals surface area contributed by atoms with E-state index in [9.17, 15) is 4.79 Å². The Hall–Kier alpha value is -2.60. The number of carbonyl (C=O) groups excluding carboxylic acids is 1. The molecule has 0 aliphatic heterocycles. The van der Waals surface area contributed by atoms with Gasteiger partial charge >= 0.3 is 6.03 Å². The minimum atomic E-state index is -0.231. The summed E-state index contributed by atoms with van der Waals surface area (Å²) in [5.41, 5.74) is 2.03. The minimum Gasteiger partial charge on any atom is -0.373 e. The van der Waals surface area contributed by atoms with Crippen LogP contribution in [0.3, 0.4) is 0 Å². The number of anilines is 2. The van der Waals surface area contributed by atoms with Gasteiger partial charge in [0, 0.05) is 25.8 Å². The molecule has 1 heterocycles. The summed E-state index contributed by atoms with van der Waals surface area (Å²) >= 11 is 1.47. The quantitative estimate of drug-likeness (QED) is 0.754. The molecule has 0 atom stereocenters. The normalized spacial score (nSPS) is 10.5. The number of nitrogens with one attached hydrogen (secondary N) is 2. The van der Waals surface area contributed by atoms with E-state index in [0.29, 0.717) is 11.7 Å². The number of nitrogens with zero attached hydrogens (tertiary/aromatic N) is 2. The number of thiazole rings is 1. The second kappa shape index (κ2) is 7.11. The third-order valence-corrected chi connectivity index (χ3v) is 4.40. The van der Waals surface area contributed by atoms with Crippen LogP contribution < -0.4 is 15.5 Å². The number of amides is 2. The van der Waals surface area contributed by atoms with Crippen LogP contribution in [-0.2, 0) is 0 Å². The molecule has 0 unspecified atom stereocenters. The molecule has 0 fully saturated rings. The first-order valence-electron chi connectivity index (χ1n) is 7.39. The number of rotatable bonds is 5. The summed E-state index contributed by atoms with van der Waals surface area (Å²) in [6.07, 6.45) is 0. The number of benzene rings is 2. The molecule has 23 heavy (non-hydrogen) atoms. The van der Waals surface area contributed by atoms with Gasteiger partial charge in [0.2, 0.25) is 0 Å². The van der Waals surface area contributed by atoms with Gasteiger partial charge in [-0.15, -0.1) is 0 Å². The Bertz CT molecular complexity index is 754. The SMILES string of the molecule is CN(CCNC(=O)Nc1nc2ccccc2s1)c1ccccc1. The van der Waals surface area contributed by atoms with Gasteiger partial charge in [-0.3, -0.25) is 5.32 Å². The monoisotopic (exact) mass is 326 g/mol. The van der Waals surface area contributed by atoms with Crippen LogP contribution in [0.4, 0.5) is 15.6 Å². The van der Waals surface area contributed by atoms with Crippen LogP contribution in [-0.4, -0.2) is 31.2 Å². The average molecular weight is 326 g/mol. The molecule has 0 aliphatic rings. The van der Waals surface area contributed by atoms with Crippen LogP contribution in [0.5, 0.6) is 0 Å². The van der Waals surface area contributed by atoms with Crippen molar-refractivity contribution < 1.29 is 4.79 Å². The van der Waals surface area contributed by atoms with E-state index in [0.717, 1.165) is 22.4 Å². The summed E-state index contributed by atoms with van der Waals surface area (Å²) in [4.78, 5) is 18.4. The maximum atomic E-state index is 11.9. The molecule has 0 spiro atoms. The molecule has 3 rings (SSSR count). The predicted molar refractivity (Wildman–Crippen MR) is 96.4 cm³/mol. The lowest BCUT2D eigenvalue weighted by Gasteiger charge is -2.19. The molecule has 2 aromatic carbocycles. The van der Waals surface area contributed by atoms with Gasteiger partial charge in [-0.2, -0.15) is 0 Å². The van der Waals surface area contributed by atoms with Crippen molar-refractivity contribution in [1.29, 1.82) is 0 Å². The van der Waals surface area contributed by atoms with Crippen molar-refractivity contribution in [2.45, 2.75) is 0 Å². The largest absolute Gasteiger partial charge is 0.373 e. The first-order chi connectivity index (χ1) is 11.2. The van der Waals surface area contributed by atoms with Crippen molar-refractivity contribution >= 4 is 38.4 Å². The maximum absolute atomic E-state index is 11.9. The molecule has 1 aromatic heterocycles. The lowest BCUT2D eigenvalue weighted by Crippen LogP contribution is -2.35. The molecule has 2 amide bonds. The number of fused-ring (bicyclic) bond motifs is 1. The smallest absolute Gasteiger partial charge is 0.321 e. The van der Waals surface area contributed by atoms with Crippen molar-refractivity contribution in [2.24, 2.45) is 0 Å². The lowest BCUT2D eigenvalue weighted by atomic mass is 10.3. The van der Waals surface area contributed by atoms with Gasteiger partial charge in [0.25, 0.3) is 0 Å². The molecule has 0 aliphatic carbocycles. The van der Waals surface area contributed by atoms with E-state index in [-0.39, 0.29) is 6.03 Å². The third kappa shape index (κ3) is 3.98. The van der Waals surface area contributed by atoms with Crippen molar-refractivity contribution in [1.82, 2.24) is 10.3 Å². The standard InChI is InChI=1S/C17H18N4OS/c1-21(13-7-3-2-4-8-13)12-11-18-16(22)20-17-19-14-9-5-6-10-15(14)23-17/h2-10H,11-12H2,1H3,(H2,18,19,20,22). The van der Waals surface area contributed by atoms with Crippen molar-refractivity contribution in [3.8, 4) is 0 Å². The van der Waals surface area contributed by atoms with Crippen LogP contribution in [0.1, 0.15) is 0 Å². The van der Waals surface area contributed by atoms with Crippen LogP contribution >= 0.6 is 11.3 Å². The maximum Gasteiger partial charge on any atom is 0.321 e. The van der Waals surface area contributed by atoms with E-state index in [4.69, 9.17) is 0 Å². The summed E-state index contributed by atoms with van der Waals surface area (Å²) in [5, 5.41) is 6.25. The minimum absolute atomic E-state index is 0.231. The fraction of sp³-hybridized carbons (Fsp3) is 0.176. The van der Waals surface area contributed by atoms with Crippen LogP contribution in [0.2, 0.25) is 0 Å². The van der Waals surface area contributed by atoms with Gasteiger partial charge < -0.3 is 10.2 Å². The number of para-hydroxylation sites is 2. The topological polar surface area (TPSA) is 57.3 Å².